The van der Waals surface area contributed by atoms with Crippen LogP contribution >= 0.6 is 0 Å². The van der Waals surface area contributed by atoms with E-state index in [0.29, 0.717) is 17.8 Å². The van der Waals surface area contributed by atoms with E-state index in [9.17, 15) is 14.4 Å². The Hall–Kier alpha value is -2.37. The summed E-state index contributed by atoms with van der Waals surface area (Å²) < 4.78 is 4.69. The number of hydrogen-bond donors (Lipinski definition) is 1. The molecule has 1 rings (SSSR count). The molecule has 0 aliphatic carbocycles. The first-order valence-corrected chi connectivity index (χ1v) is 7.42. The van der Waals surface area contributed by atoms with Gasteiger partial charge < -0.3 is 15.0 Å². The fourth-order valence-corrected chi connectivity index (χ4v) is 2.27. The van der Waals surface area contributed by atoms with E-state index >= 15 is 0 Å². The van der Waals surface area contributed by atoms with E-state index < -0.39 is 5.97 Å². The summed E-state index contributed by atoms with van der Waals surface area (Å²) in [5.74, 6) is -0.863. The zero-order valence-electron chi connectivity index (χ0n) is 14.3. The van der Waals surface area contributed by atoms with E-state index in [2.05, 4.69) is 10.1 Å². The van der Waals surface area contributed by atoms with Gasteiger partial charge in [0.25, 0.3) is 0 Å². The number of rotatable bonds is 5. The van der Waals surface area contributed by atoms with Crippen molar-refractivity contribution in [2.24, 2.45) is 0 Å². The zero-order chi connectivity index (χ0) is 17.6. The number of benzene rings is 1. The van der Waals surface area contributed by atoms with E-state index in [4.69, 9.17) is 0 Å². The molecule has 6 heteroatoms. The summed E-state index contributed by atoms with van der Waals surface area (Å²) in [5, 5.41) is 2.69. The van der Waals surface area contributed by atoms with E-state index in [1.54, 1.807) is 29.2 Å². The van der Waals surface area contributed by atoms with Gasteiger partial charge in [-0.1, -0.05) is 12.1 Å². The number of anilines is 1. The lowest BCUT2D eigenvalue weighted by Crippen LogP contribution is -2.45. The number of esters is 1. The Kier molecular flexibility index (Phi) is 6.30. The van der Waals surface area contributed by atoms with Gasteiger partial charge in [0, 0.05) is 25.4 Å². The van der Waals surface area contributed by atoms with Crippen LogP contribution in [0, 0.1) is 0 Å². The van der Waals surface area contributed by atoms with Gasteiger partial charge in [-0.15, -0.1) is 0 Å². The van der Waals surface area contributed by atoms with Crippen LogP contribution in [0.1, 0.15) is 44.5 Å². The molecule has 0 heterocycles. The molecule has 0 radical (unpaired) electrons. The maximum atomic E-state index is 12.1. The standard InChI is InChI=1S/C17H24N2O4/c1-12(20)19(17(2,3)4)11-10-15(21)18-14-9-7-6-8-13(14)16(22)23-5/h6-9H,10-11H2,1-5H3,(H,18,21). The predicted molar refractivity (Wildman–Crippen MR) is 88.2 cm³/mol. The minimum Gasteiger partial charge on any atom is -0.465 e. The van der Waals surface area contributed by atoms with Gasteiger partial charge in [-0.3, -0.25) is 9.59 Å². The summed E-state index contributed by atoms with van der Waals surface area (Å²) in [6.07, 6.45) is 0.145. The van der Waals surface area contributed by atoms with Gasteiger partial charge in [-0.25, -0.2) is 4.79 Å². The normalized spacial score (nSPS) is 10.8. The van der Waals surface area contributed by atoms with Crippen molar-refractivity contribution in [2.45, 2.75) is 39.7 Å². The second kappa shape index (κ2) is 7.76. The maximum Gasteiger partial charge on any atom is 0.339 e. The van der Waals surface area contributed by atoms with Crippen LogP contribution in [-0.2, 0) is 14.3 Å². The van der Waals surface area contributed by atoms with Crippen molar-refractivity contribution in [3.63, 3.8) is 0 Å². The summed E-state index contributed by atoms with van der Waals surface area (Å²) in [4.78, 5) is 37.1. The van der Waals surface area contributed by atoms with Gasteiger partial charge in [0.1, 0.15) is 0 Å². The van der Waals surface area contributed by atoms with Crippen molar-refractivity contribution in [1.29, 1.82) is 0 Å². The Morgan fingerprint density at radius 3 is 2.30 bits per heavy atom. The van der Waals surface area contributed by atoms with Crippen molar-refractivity contribution >= 4 is 23.5 Å². The van der Waals surface area contributed by atoms with Crippen LogP contribution < -0.4 is 5.32 Å². The number of methoxy groups -OCH3 is 1. The number of carbonyl (C=O) groups excluding carboxylic acids is 3. The monoisotopic (exact) mass is 320 g/mol. The largest absolute Gasteiger partial charge is 0.465 e. The van der Waals surface area contributed by atoms with Crippen LogP contribution in [0.25, 0.3) is 0 Å². The summed E-state index contributed by atoms with van der Waals surface area (Å²) in [6, 6.07) is 6.63. The van der Waals surface area contributed by atoms with Crippen LogP contribution in [0.2, 0.25) is 0 Å². The Morgan fingerprint density at radius 2 is 1.78 bits per heavy atom. The Bertz CT molecular complexity index is 591. The van der Waals surface area contributed by atoms with Crippen molar-refractivity contribution < 1.29 is 19.1 Å². The molecule has 0 atom stereocenters. The lowest BCUT2D eigenvalue weighted by molar-refractivity contribution is -0.134. The van der Waals surface area contributed by atoms with Crippen LogP contribution in [0.4, 0.5) is 5.69 Å². The number of amides is 2. The van der Waals surface area contributed by atoms with Gasteiger partial charge in [0.2, 0.25) is 11.8 Å². The van der Waals surface area contributed by atoms with Gasteiger partial charge in [-0.05, 0) is 32.9 Å². The summed E-state index contributed by atoms with van der Waals surface area (Å²) in [5.41, 5.74) is 0.341. The molecule has 0 bridgehead atoms. The first kappa shape index (κ1) is 18.7. The van der Waals surface area contributed by atoms with Crippen molar-refractivity contribution in [2.75, 3.05) is 19.0 Å². The fourth-order valence-electron chi connectivity index (χ4n) is 2.27. The number of hydrogen-bond acceptors (Lipinski definition) is 4. The van der Waals surface area contributed by atoms with E-state index in [1.165, 1.54) is 14.0 Å². The summed E-state index contributed by atoms with van der Waals surface area (Å²) in [6.45, 7) is 7.54. The molecule has 1 N–H and O–H groups in total. The van der Waals surface area contributed by atoms with Crippen LogP contribution in [0.15, 0.2) is 24.3 Å². The predicted octanol–water partition coefficient (Wildman–Crippen LogP) is 2.45. The number of carbonyl (C=O) groups is 3. The molecule has 0 aromatic heterocycles. The van der Waals surface area contributed by atoms with Gasteiger partial charge in [0.15, 0.2) is 0 Å². The van der Waals surface area contributed by atoms with Gasteiger partial charge >= 0.3 is 5.97 Å². The SMILES string of the molecule is COC(=O)c1ccccc1NC(=O)CCN(C(C)=O)C(C)(C)C. The molecule has 0 unspecified atom stereocenters. The van der Waals surface area contributed by atoms with Crippen molar-refractivity contribution in [3.05, 3.63) is 29.8 Å². The highest BCUT2D eigenvalue weighted by Crippen LogP contribution is 2.17. The average molecular weight is 320 g/mol. The third-order valence-electron chi connectivity index (χ3n) is 3.36. The second-order valence-electron chi connectivity index (χ2n) is 6.18. The molecule has 0 aliphatic heterocycles. The van der Waals surface area contributed by atoms with E-state index in [1.807, 2.05) is 20.8 Å². The smallest absolute Gasteiger partial charge is 0.339 e. The Balaban J connectivity index is 2.75. The van der Waals surface area contributed by atoms with Gasteiger partial charge in [0.05, 0.1) is 18.4 Å². The van der Waals surface area contributed by atoms with Crippen LogP contribution in [0.3, 0.4) is 0 Å². The lowest BCUT2D eigenvalue weighted by Gasteiger charge is -2.34. The topological polar surface area (TPSA) is 75.7 Å². The fraction of sp³-hybridized carbons (Fsp3) is 0.471. The third-order valence-corrected chi connectivity index (χ3v) is 3.36. The molecule has 0 fully saturated rings. The highest BCUT2D eigenvalue weighted by Gasteiger charge is 2.24. The zero-order valence-corrected chi connectivity index (χ0v) is 14.3. The molecule has 1 aromatic carbocycles. The first-order valence-electron chi connectivity index (χ1n) is 7.42. The summed E-state index contributed by atoms with van der Waals surface area (Å²) in [7, 11) is 1.29. The number of nitrogens with one attached hydrogen (secondary N) is 1. The summed E-state index contributed by atoms with van der Waals surface area (Å²) >= 11 is 0. The Morgan fingerprint density at radius 1 is 1.17 bits per heavy atom. The molecular formula is C17H24N2O4. The van der Waals surface area contributed by atoms with E-state index in [-0.39, 0.29) is 23.8 Å². The van der Waals surface area contributed by atoms with Crippen molar-refractivity contribution in [1.82, 2.24) is 4.90 Å². The lowest BCUT2D eigenvalue weighted by atomic mass is 10.1. The quantitative estimate of drug-likeness (QED) is 0.846. The number of ether oxygens (including phenoxy) is 1. The highest BCUT2D eigenvalue weighted by atomic mass is 16.5. The molecule has 23 heavy (non-hydrogen) atoms. The minimum atomic E-state index is -0.513. The molecule has 0 saturated heterocycles. The third kappa shape index (κ3) is 5.39. The highest BCUT2D eigenvalue weighted by molar-refractivity contribution is 6.01. The molecule has 0 spiro atoms. The molecule has 1 aromatic rings. The van der Waals surface area contributed by atoms with Crippen LogP contribution in [-0.4, -0.2) is 41.9 Å². The van der Waals surface area contributed by atoms with Crippen molar-refractivity contribution in [3.8, 4) is 0 Å². The first-order chi connectivity index (χ1) is 10.7. The maximum absolute atomic E-state index is 12.1. The minimum absolute atomic E-state index is 0.0831. The average Bonchev–Trinajstić information content (AvgIpc) is 2.45. The molecule has 126 valence electrons. The molecule has 6 nitrogen and oxygen atoms in total. The molecular weight excluding hydrogens is 296 g/mol. The molecule has 0 aliphatic rings. The second-order valence-corrected chi connectivity index (χ2v) is 6.18. The van der Waals surface area contributed by atoms with E-state index in [0.717, 1.165) is 0 Å². The number of para-hydroxylation sites is 1. The number of nitrogens with zero attached hydrogens (tertiary/aromatic N) is 1. The Labute approximate surface area is 136 Å². The van der Waals surface area contributed by atoms with Gasteiger partial charge in [-0.2, -0.15) is 0 Å². The molecule has 0 saturated carbocycles. The van der Waals surface area contributed by atoms with Crippen LogP contribution in [0.5, 0.6) is 0 Å². The molecule has 2 amide bonds.